The van der Waals surface area contributed by atoms with Crippen LogP contribution >= 0.6 is 0 Å². The van der Waals surface area contributed by atoms with Gasteiger partial charge >= 0.3 is 0 Å². The number of benzene rings is 2. The van der Waals surface area contributed by atoms with Gasteiger partial charge in [0.05, 0.1) is 24.2 Å². The number of rotatable bonds is 3. The van der Waals surface area contributed by atoms with E-state index in [0.29, 0.717) is 28.2 Å². The van der Waals surface area contributed by atoms with Gasteiger partial charge in [-0.05, 0) is 23.8 Å². The summed E-state index contributed by atoms with van der Waals surface area (Å²) in [5.41, 5.74) is 8.07. The van der Waals surface area contributed by atoms with E-state index in [-0.39, 0.29) is 28.4 Å². The van der Waals surface area contributed by atoms with E-state index in [9.17, 15) is 10.4 Å². The first kappa shape index (κ1) is 20.5. The van der Waals surface area contributed by atoms with Crippen molar-refractivity contribution in [3.8, 4) is 28.7 Å². The number of fused-ring (bicyclic) bond motifs is 2. The molecule has 5 rings (SSSR count). The molecule has 164 valence electrons. The molecule has 3 aromatic rings. The summed E-state index contributed by atoms with van der Waals surface area (Å²) in [4.78, 5) is 7.91. The zero-order valence-corrected chi connectivity index (χ0v) is 17.3. The fourth-order valence-electron chi connectivity index (χ4n) is 4.05. The Labute approximate surface area is 188 Å². The van der Waals surface area contributed by atoms with Gasteiger partial charge in [0.15, 0.2) is 0 Å². The molecule has 2 aromatic carbocycles. The van der Waals surface area contributed by atoms with E-state index in [1.165, 1.54) is 19.5 Å². The Hall–Kier alpha value is -4.42. The minimum absolute atomic E-state index is 0.0249. The molecule has 8 nitrogen and oxygen atoms in total. The molecule has 2 unspecified atom stereocenters. The van der Waals surface area contributed by atoms with Crippen LogP contribution in [-0.4, -0.2) is 28.5 Å². The number of ether oxygens (including phenoxy) is 3. The minimum Gasteiger partial charge on any atom is -0.497 e. The fraction of sp³-hybridized carbons (Fsp3) is 0.125. The highest BCUT2D eigenvalue weighted by molar-refractivity contribution is 5.77. The lowest BCUT2D eigenvalue weighted by molar-refractivity contribution is 0.00444. The van der Waals surface area contributed by atoms with E-state index in [1.54, 1.807) is 42.7 Å². The highest BCUT2D eigenvalue weighted by Crippen LogP contribution is 2.49. The molecule has 0 saturated heterocycles. The lowest BCUT2D eigenvalue weighted by atomic mass is 9.80. The fourth-order valence-corrected chi connectivity index (χ4v) is 4.05. The number of nitrogens with zero attached hydrogens (tertiary/aromatic N) is 3. The molecule has 0 radical (unpaired) electrons. The van der Waals surface area contributed by atoms with Gasteiger partial charge in [0.1, 0.15) is 41.0 Å². The number of aliphatic hydroxyl groups is 1. The molecule has 0 spiro atoms. The molecule has 33 heavy (non-hydrogen) atoms. The van der Waals surface area contributed by atoms with Crippen LogP contribution in [0, 0.1) is 17.1 Å². The van der Waals surface area contributed by atoms with E-state index in [0.717, 1.165) is 0 Å². The van der Waals surface area contributed by atoms with E-state index in [4.69, 9.17) is 19.9 Å². The van der Waals surface area contributed by atoms with Gasteiger partial charge in [0.25, 0.3) is 0 Å². The zero-order valence-electron chi connectivity index (χ0n) is 17.3. The van der Waals surface area contributed by atoms with Crippen molar-refractivity contribution in [3.05, 3.63) is 89.1 Å². The summed E-state index contributed by atoms with van der Waals surface area (Å²) in [5, 5.41) is 20.6. The second-order valence-corrected chi connectivity index (χ2v) is 7.41. The maximum atomic E-state index is 15.4. The number of nitriles is 1. The summed E-state index contributed by atoms with van der Waals surface area (Å²) >= 11 is 0. The van der Waals surface area contributed by atoms with Crippen molar-refractivity contribution in [3.63, 3.8) is 0 Å². The summed E-state index contributed by atoms with van der Waals surface area (Å²) in [6.45, 7) is 0. The van der Waals surface area contributed by atoms with Crippen LogP contribution in [0.15, 0.2) is 72.1 Å². The number of nitrogens with two attached hydrogens (primary N) is 1. The Morgan fingerprint density at radius 3 is 2.64 bits per heavy atom. The first-order valence-electron chi connectivity index (χ1n) is 9.91. The van der Waals surface area contributed by atoms with E-state index in [1.807, 2.05) is 6.07 Å². The SMILES string of the molecule is COc1ccc2c(c1)OC(O)C1=C2OC(N)=C(C#N)C1c1ccc(-c2cncnc2)cc1F. The Kier molecular flexibility index (Phi) is 4.92. The topological polar surface area (TPSA) is 124 Å². The van der Waals surface area contributed by atoms with Crippen molar-refractivity contribution in [1.82, 2.24) is 9.97 Å². The predicted molar refractivity (Wildman–Crippen MR) is 115 cm³/mol. The average molecular weight is 444 g/mol. The molecule has 1 aromatic heterocycles. The van der Waals surface area contributed by atoms with Gasteiger partial charge in [-0.25, -0.2) is 14.4 Å². The molecular weight excluding hydrogens is 427 g/mol. The molecule has 2 atom stereocenters. The van der Waals surface area contributed by atoms with Crippen LogP contribution in [-0.2, 0) is 4.74 Å². The predicted octanol–water partition coefficient (Wildman–Crippen LogP) is 3.22. The van der Waals surface area contributed by atoms with Crippen LogP contribution in [0.5, 0.6) is 11.5 Å². The quantitative estimate of drug-likeness (QED) is 0.631. The second kappa shape index (κ2) is 7.93. The lowest BCUT2D eigenvalue weighted by Crippen LogP contribution is -2.33. The van der Waals surface area contributed by atoms with Crippen LogP contribution in [0.3, 0.4) is 0 Å². The van der Waals surface area contributed by atoms with Crippen LogP contribution in [0.4, 0.5) is 4.39 Å². The first-order valence-corrected chi connectivity index (χ1v) is 9.91. The van der Waals surface area contributed by atoms with Crippen molar-refractivity contribution in [2.45, 2.75) is 12.2 Å². The molecule has 2 aliphatic heterocycles. The van der Waals surface area contributed by atoms with Gasteiger partial charge in [0.2, 0.25) is 12.2 Å². The molecule has 0 amide bonds. The van der Waals surface area contributed by atoms with Crippen LogP contribution in [0.2, 0.25) is 0 Å². The van der Waals surface area contributed by atoms with Gasteiger partial charge in [-0.15, -0.1) is 0 Å². The summed E-state index contributed by atoms with van der Waals surface area (Å²) in [6, 6.07) is 11.5. The number of allylic oxidation sites excluding steroid dienone is 1. The third kappa shape index (κ3) is 3.33. The number of aromatic nitrogens is 2. The van der Waals surface area contributed by atoms with Crippen LogP contribution < -0.4 is 15.2 Å². The number of hydrogen-bond donors (Lipinski definition) is 2. The monoisotopic (exact) mass is 444 g/mol. The van der Waals surface area contributed by atoms with E-state index < -0.39 is 18.0 Å². The van der Waals surface area contributed by atoms with Gasteiger partial charge in [-0.1, -0.05) is 12.1 Å². The molecule has 9 heteroatoms. The summed E-state index contributed by atoms with van der Waals surface area (Å²) in [5.74, 6) is -0.726. The maximum absolute atomic E-state index is 15.4. The van der Waals surface area contributed by atoms with Crippen LogP contribution in [0.25, 0.3) is 16.9 Å². The third-order valence-electron chi connectivity index (χ3n) is 5.60. The highest BCUT2D eigenvalue weighted by atomic mass is 19.1. The molecule has 0 aliphatic carbocycles. The number of hydrogen-bond acceptors (Lipinski definition) is 8. The van der Waals surface area contributed by atoms with Crippen molar-refractivity contribution in [1.29, 1.82) is 5.26 Å². The molecule has 3 heterocycles. The van der Waals surface area contributed by atoms with Crippen molar-refractivity contribution in [2.24, 2.45) is 5.73 Å². The molecule has 3 N–H and O–H groups in total. The first-order chi connectivity index (χ1) is 16.0. The minimum atomic E-state index is -1.50. The molecule has 0 fully saturated rings. The summed E-state index contributed by atoms with van der Waals surface area (Å²) < 4.78 is 32.1. The smallest absolute Gasteiger partial charge is 0.225 e. The third-order valence-corrected chi connectivity index (χ3v) is 5.60. The Bertz CT molecular complexity index is 1360. The highest BCUT2D eigenvalue weighted by Gasteiger charge is 2.42. The van der Waals surface area contributed by atoms with Gasteiger partial charge in [-0.2, -0.15) is 5.26 Å². The van der Waals surface area contributed by atoms with Crippen molar-refractivity contribution in [2.75, 3.05) is 7.11 Å². The summed E-state index contributed by atoms with van der Waals surface area (Å²) in [6.07, 6.45) is 3.02. The van der Waals surface area contributed by atoms with E-state index >= 15 is 4.39 Å². The molecule has 0 bridgehead atoms. The lowest BCUT2D eigenvalue weighted by Gasteiger charge is -2.35. The molecular formula is C24H17FN4O4. The van der Waals surface area contributed by atoms with Crippen LogP contribution in [0.1, 0.15) is 17.0 Å². The average Bonchev–Trinajstić information content (AvgIpc) is 2.83. The molecule has 0 saturated carbocycles. The second-order valence-electron chi connectivity index (χ2n) is 7.41. The standard InChI is InChI=1S/C24H17FN4O4/c1-31-14-3-5-16-19(7-14)32-24(30)21-20(17(8-26)23(27)33-22(16)21)15-4-2-12(6-18(15)25)13-9-28-11-29-10-13/h2-7,9-11,20,24,30H,27H2,1H3. The van der Waals surface area contributed by atoms with Gasteiger partial charge in [0, 0.05) is 29.6 Å². The number of methoxy groups -OCH3 is 1. The zero-order chi connectivity index (χ0) is 23.1. The van der Waals surface area contributed by atoms with Gasteiger partial charge < -0.3 is 25.1 Å². The van der Waals surface area contributed by atoms with E-state index in [2.05, 4.69) is 9.97 Å². The Balaban J connectivity index is 1.67. The summed E-state index contributed by atoms with van der Waals surface area (Å²) in [7, 11) is 1.51. The van der Waals surface area contributed by atoms with Crippen molar-refractivity contribution >= 4 is 5.76 Å². The van der Waals surface area contributed by atoms with Crippen molar-refractivity contribution < 1.29 is 23.7 Å². The Morgan fingerprint density at radius 1 is 1.15 bits per heavy atom. The number of aliphatic hydroxyl groups excluding tert-OH is 1. The maximum Gasteiger partial charge on any atom is 0.225 e. The Morgan fingerprint density at radius 2 is 1.94 bits per heavy atom. The normalized spacial score (nSPS) is 19.1. The molecule has 2 aliphatic rings. The van der Waals surface area contributed by atoms with Gasteiger partial charge in [-0.3, -0.25) is 0 Å². The largest absolute Gasteiger partial charge is 0.497 e. The number of halogens is 1.